The molecule has 0 amide bonds. The Morgan fingerprint density at radius 3 is 2.55 bits per heavy atom. The fraction of sp³-hybridized carbons (Fsp3) is 0.412. The van der Waals surface area contributed by atoms with Crippen LogP contribution in [0.2, 0.25) is 0 Å². The molecule has 0 aliphatic carbocycles. The van der Waals surface area contributed by atoms with Crippen LogP contribution < -0.4 is 10.1 Å². The van der Waals surface area contributed by atoms with Crippen LogP contribution >= 0.6 is 11.3 Å². The molecule has 2 N–H and O–H groups in total. The van der Waals surface area contributed by atoms with E-state index in [0.717, 1.165) is 12.3 Å². The van der Waals surface area contributed by atoms with Gasteiger partial charge in [0.2, 0.25) is 0 Å². The number of nitrogens with zero attached hydrogens (tertiary/aromatic N) is 1. The van der Waals surface area contributed by atoms with E-state index in [9.17, 15) is 5.11 Å². The number of thiophene rings is 1. The van der Waals surface area contributed by atoms with Gasteiger partial charge >= 0.3 is 0 Å². The second-order valence-electron chi connectivity index (χ2n) is 5.43. The average molecular weight is 320 g/mol. The zero-order valence-corrected chi connectivity index (χ0v) is 13.9. The predicted molar refractivity (Wildman–Crippen MR) is 91.6 cm³/mol. The number of para-hydroxylation sites is 1. The Labute approximate surface area is 136 Å². The van der Waals surface area contributed by atoms with Gasteiger partial charge in [-0.3, -0.25) is 0 Å². The van der Waals surface area contributed by atoms with Crippen molar-refractivity contribution in [2.24, 2.45) is 0 Å². The van der Waals surface area contributed by atoms with Crippen LogP contribution in [0.4, 0.5) is 0 Å². The van der Waals surface area contributed by atoms with Crippen molar-refractivity contribution in [3.05, 3.63) is 52.7 Å². The first-order valence-electron chi connectivity index (χ1n) is 7.43. The smallest absolute Gasteiger partial charge is 0.119 e. The zero-order chi connectivity index (χ0) is 15.8. The number of likely N-dealkylation sites (N-methyl/N-ethyl adjacent to an activating group) is 1. The maximum Gasteiger partial charge on any atom is 0.119 e. The van der Waals surface area contributed by atoms with E-state index in [0.29, 0.717) is 19.2 Å². The van der Waals surface area contributed by atoms with Crippen molar-refractivity contribution in [2.75, 3.05) is 33.8 Å². The standard InChI is InChI=1S/C17H24N2O2S/c1-19(2)16(17-9-6-10-22-17)12-18-11-14(20)13-21-15-7-4-3-5-8-15/h3-10,14,16,18,20H,11-13H2,1-2H3. The molecule has 1 aromatic carbocycles. The van der Waals surface area contributed by atoms with E-state index in [4.69, 9.17) is 4.74 Å². The van der Waals surface area contributed by atoms with E-state index < -0.39 is 6.10 Å². The lowest BCUT2D eigenvalue weighted by Gasteiger charge is -2.24. The van der Waals surface area contributed by atoms with Crippen LogP contribution in [0.15, 0.2) is 47.8 Å². The number of nitrogens with one attached hydrogen (secondary N) is 1. The molecule has 0 aliphatic heterocycles. The minimum atomic E-state index is -0.522. The highest BCUT2D eigenvalue weighted by molar-refractivity contribution is 7.10. The van der Waals surface area contributed by atoms with Gasteiger partial charge in [-0.15, -0.1) is 11.3 Å². The lowest BCUT2D eigenvalue weighted by atomic mass is 10.2. The maximum atomic E-state index is 9.99. The molecule has 2 aromatic rings. The molecule has 2 rings (SSSR count). The SMILES string of the molecule is CN(C)C(CNCC(O)COc1ccccc1)c1cccs1. The minimum absolute atomic E-state index is 0.294. The molecule has 2 unspecified atom stereocenters. The van der Waals surface area contributed by atoms with Gasteiger partial charge in [0.25, 0.3) is 0 Å². The van der Waals surface area contributed by atoms with E-state index in [1.807, 2.05) is 30.3 Å². The van der Waals surface area contributed by atoms with Crippen LogP contribution in [-0.2, 0) is 0 Å². The van der Waals surface area contributed by atoms with Gasteiger partial charge in [-0.05, 0) is 37.7 Å². The molecule has 0 fully saturated rings. The van der Waals surface area contributed by atoms with Gasteiger partial charge in [-0.2, -0.15) is 0 Å². The Morgan fingerprint density at radius 2 is 1.91 bits per heavy atom. The number of ether oxygens (including phenoxy) is 1. The molecule has 0 spiro atoms. The number of hydrogen-bond acceptors (Lipinski definition) is 5. The van der Waals surface area contributed by atoms with Gasteiger partial charge in [-0.25, -0.2) is 0 Å². The molecule has 5 heteroatoms. The van der Waals surface area contributed by atoms with Crippen LogP contribution in [0.1, 0.15) is 10.9 Å². The van der Waals surface area contributed by atoms with Crippen LogP contribution in [0.5, 0.6) is 5.75 Å². The minimum Gasteiger partial charge on any atom is -0.491 e. The highest BCUT2D eigenvalue weighted by Gasteiger charge is 2.15. The first kappa shape index (κ1) is 17.0. The van der Waals surface area contributed by atoms with Crippen molar-refractivity contribution >= 4 is 11.3 Å². The van der Waals surface area contributed by atoms with Crippen molar-refractivity contribution < 1.29 is 9.84 Å². The summed E-state index contributed by atoms with van der Waals surface area (Å²) < 4.78 is 5.55. The number of hydrogen-bond donors (Lipinski definition) is 2. The van der Waals surface area contributed by atoms with Crippen LogP contribution in [-0.4, -0.2) is 49.9 Å². The zero-order valence-electron chi connectivity index (χ0n) is 13.1. The topological polar surface area (TPSA) is 44.7 Å². The molecule has 0 aliphatic rings. The predicted octanol–water partition coefficient (Wildman–Crippen LogP) is 2.38. The molecule has 0 bridgehead atoms. The third kappa shape index (κ3) is 5.42. The quantitative estimate of drug-likeness (QED) is 0.745. The summed E-state index contributed by atoms with van der Waals surface area (Å²) in [6.07, 6.45) is -0.522. The lowest BCUT2D eigenvalue weighted by molar-refractivity contribution is 0.104. The van der Waals surface area contributed by atoms with Gasteiger partial charge in [0.15, 0.2) is 0 Å². The molecule has 1 heterocycles. The molecule has 120 valence electrons. The summed E-state index contributed by atoms with van der Waals surface area (Å²) in [5.41, 5.74) is 0. The average Bonchev–Trinajstić information content (AvgIpc) is 3.04. The molecule has 4 nitrogen and oxygen atoms in total. The van der Waals surface area contributed by atoms with E-state index in [-0.39, 0.29) is 0 Å². The Kier molecular flexibility index (Phi) is 6.86. The van der Waals surface area contributed by atoms with Crippen molar-refractivity contribution in [2.45, 2.75) is 12.1 Å². The summed E-state index contributed by atoms with van der Waals surface area (Å²) in [7, 11) is 4.14. The molecule has 1 aromatic heterocycles. The largest absolute Gasteiger partial charge is 0.491 e. The van der Waals surface area contributed by atoms with Crippen LogP contribution in [0.3, 0.4) is 0 Å². The monoisotopic (exact) mass is 320 g/mol. The number of rotatable bonds is 9. The van der Waals surface area contributed by atoms with Gasteiger partial charge in [0.05, 0.1) is 6.04 Å². The Balaban J connectivity index is 1.70. The van der Waals surface area contributed by atoms with Crippen molar-refractivity contribution in [1.82, 2.24) is 10.2 Å². The third-order valence-corrected chi connectivity index (χ3v) is 4.37. The van der Waals surface area contributed by atoms with E-state index in [2.05, 4.69) is 41.8 Å². The summed E-state index contributed by atoms with van der Waals surface area (Å²) >= 11 is 1.76. The summed E-state index contributed by atoms with van der Waals surface area (Å²) in [5.74, 6) is 0.784. The third-order valence-electron chi connectivity index (χ3n) is 3.40. The second kappa shape index (κ2) is 8.90. The number of aliphatic hydroxyl groups excluding tert-OH is 1. The molecule has 0 saturated heterocycles. The first-order chi connectivity index (χ1) is 10.7. The molecule has 2 atom stereocenters. The van der Waals surface area contributed by atoms with E-state index >= 15 is 0 Å². The van der Waals surface area contributed by atoms with Gasteiger partial charge in [-0.1, -0.05) is 24.3 Å². The van der Waals surface area contributed by atoms with Gasteiger partial charge < -0.3 is 20.1 Å². The normalized spacial score (nSPS) is 14.0. The number of aliphatic hydroxyl groups is 1. The summed E-state index contributed by atoms with van der Waals surface area (Å²) in [4.78, 5) is 3.51. The second-order valence-corrected chi connectivity index (χ2v) is 6.41. The van der Waals surface area contributed by atoms with Crippen molar-refractivity contribution in [3.63, 3.8) is 0 Å². The Hall–Kier alpha value is -1.40. The van der Waals surface area contributed by atoms with Gasteiger partial charge in [0.1, 0.15) is 18.5 Å². The molecule has 0 radical (unpaired) electrons. The van der Waals surface area contributed by atoms with Crippen molar-refractivity contribution in [1.29, 1.82) is 0 Å². The fourth-order valence-electron chi connectivity index (χ4n) is 2.17. The molecule has 22 heavy (non-hydrogen) atoms. The molecular formula is C17H24N2O2S. The van der Waals surface area contributed by atoms with E-state index in [1.54, 1.807) is 11.3 Å². The summed E-state index contributed by atoms with van der Waals surface area (Å²) in [5, 5.41) is 15.4. The van der Waals surface area contributed by atoms with E-state index in [1.165, 1.54) is 4.88 Å². The number of benzene rings is 1. The lowest BCUT2D eigenvalue weighted by Crippen LogP contribution is -2.36. The first-order valence-corrected chi connectivity index (χ1v) is 8.31. The van der Waals surface area contributed by atoms with Crippen molar-refractivity contribution in [3.8, 4) is 5.75 Å². The fourth-order valence-corrected chi connectivity index (χ4v) is 3.10. The highest BCUT2D eigenvalue weighted by atomic mass is 32.1. The molecule has 0 saturated carbocycles. The Morgan fingerprint density at radius 1 is 1.14 bits per heavy atom. The summed E-state index contributed by atoms with van der Waals surface area (Å²) in [6, 6.07) is 14.1. The van der Waals surface area contributed by atoms with Gasteiger partial charge in [0, 0.05) is 18.0 Å². The van der Waals surface area contributed by atoms with Crippen LogP contribution in [0, 0.1) is 0 Å². The summed E-state index contributed by atoms with van der Waals surface area (Å²) in [6.45, 7) is 1.61. The molecular weight excluding hydrogens is 296 g/mol. The Bertz CT molecular complexity index is 517. The van der Waals surface area contributed by atoms with Crippen LogP contribution in [0.25, 0.3) is 0 Å². The highest BCUT2D eigenvalue weighted by Crippen LogP contribution is 2.22. The maximum absolute atomic E-state index is 9.99.